The predicted molar refractivity (Wildman–Crippen MR) is 78.9 cm³/mol. The highest BCUT2D eigenvalue weighted by Gasteiger charge is 2.61. The second kappa shape index (κ2) is 4.47. The zero-order valence-electron chi connectivity index (χ0n) is 13.4. The Labute approximate surface area is 117 Å². The first-order valence-corrected chi connectivity index (χ1v) is 7.71. The van der Waals surface area contributed by atoms with E-state index in [1.165, 1.54) is 12.8 Å². The van der Waals surface area contributed by atoms with Crippen molar-refractivity contribution < 1.29 is 4.79 Å². The van der Waals surface area contributed by atoms with Crippen molar-refractivity contribution in [1.29, 1.82) is 0 Å². The van der Waals surface area contributed by atoms with Crippen LogP contribution in [0, 0.1) is 16.7 Å². The summed E-state index contributed by atoms with van der Waals surface area (Å²) in [6.45, 7) is 13.9. The molecule has 2 fully saturated rings. The number of fused-ring (bicyclic) bond motifs is 2. The molecule has 2 aliphatic carbocycles. The van der Waals surface area contributed by atoms with Gasteiger partial charge in [-0.3, -0.25) is 4.79 Å². The fourth-order valence-corrected chi connectivity index (χ4v) is 4.28. The minimum absolute atomic E-state index is 0.143. The lowest BCUT2D eigenvalue weighted by molar-refractivity contribution is -0.128. The van der Waals surface area contributed by atoms with Crippen LogP contribution in [0.5, 0.6) is 0 Å². The molecule has 2 N–H and O–H groups in total. The van der Waals surface area contributed by atoms with Gasteiger partial charge in [-0.1, -0.05) is 27.7 Å². The van der Waals surface area contributed by atoms with Crippen molar-refractivity contribution in [2.24, 2.45) is 16.7 Å². The fraction of sp³-hybridized carbons (Fsp3) is 0.938. The molecule has 0 aromatic heterocycles. The smallest absolute Gasteiger partial charge is 0.239 e. The Bertz CT molecular complexity index is 375. The third kappa shape index (κ3) is 2.10. The topological polar surface area (TPSA) is 41.1 Å². The van der Waals surface area contributed by atoms with Gasteiger partial charge in [-0.25, -0.2) is 0 Å². The Morgan fingerprint density at radius 3 is 2.37 bits per heavy atom. The Morgan fingerprint density at radius 2 is 1.95 bits per heavy atom. The van der Waals surface area contributed by atoms with Crippen molar-refractivity contribution in [3.05, 3.63) is 0 Å². The molecule has 3 atom stereocenters. The second-order valence-electron chi connectivity index (χ2n) is 7.79. The van der Waals surface area contributed by atoms with Crippen molar-refractivity contribution >= 4 is 5.91 Å². The Morgan fingerprint density at radius 1 is 1.32 bits per heavy atom. The number of rotatable bonds is 4. The molecule has 3 nitrogen and oxygen atoms in total. The lowest BCUT2D eigenvalue weighted by Gasteiger charge is -2.40. The van der Waals surface area contributed by atoms with E-state index in [9.17, 15) is 4.79 Å². The molecule has 3 unspecified atom stereocenters. The highest BCUT2D eigenvalue weighted by molar-refractivity contribution is 5.85. The third-order valence-corrected chi connectivity index (χ3v) is 6.29. The van der Waals surface area contributed by atoms with Crippen LogP contribution in [0.2, 0.25) is 0 Å². The van der Waals surface area contributed by atoms with E-state index in [2.05, 4.69) is 31.4 Å². The number of amides is 1. The second-order valence-corrected chi connectivity index (χ2v) is 7.79. The number of carbonyl (C=O) groups is 1. The number of carbonyl (C=O) groups excluding carboxylic acids is 1. The molecule has 0 saturated heterocycles. The maximum absolute atomic E-state index is 12.5. The van der Waals surface area contributed by atoms with Crippen LogP contribution in [0.4, 0.5) is 0 Å². The summed E-state index contributed by atoms with van der Waals surface area (Å²) in [5.41, 5.74) is 0.139. The fourth-order valence-electron chi connectivity index (χ4n) is 4.28. The minimum atomic E-state index is -0.475. The molecule has 1 amide bonds. The molecule has 2 aliphatic rings. The third-order valence-electron chi connectivity index (χ3n) is 6.29. The van der Waals surface area contributed by atoms with E-state index in [-0.39, 0.29) is 11.3 Å². The van der Waals surface area contributed by atoms with Gasteiger partial charge in [0.2, 0.25) is 5.91 Å². The Hall–Kier alpha value is -0.570. The molecule has 19 heavy (non-hydrogen) atoms. The van der Waals surface area contributed by atoms with E-state index in [1.54, 1.807) is 0 Å². The molecular formula is C16H30N2O. The van der Waals surface area contributed by atoms with E-state index >= 15 is 0 Å². The maximum atomic E-state index is 12.5. The summed E-state index contributed by atoms with van der Waals surface area (Å²) >= 11 is 0. The van der Waals surface area contributed by atoms with E-state index in [1.807, 2.05) is 20.8 Å². The first-order chi connectivity index (χ1) is 8.65. The lowest BCUT2D eigenvalue weighted by Crippen LogP contribution is -2.57. The van der Waals surface area contributed by atoms with Gasteiger partial charge in [-0.2, -0.15) is 0 Å². The van der Waals surface area contributed by atoms with Crippen molar-refractivity contribution in [1.82, 2.24) is 10.6 Å². The van der Waals surface area contributed by atoms with E-state index < -0.39 is 5.54 Å². The molecular weight excluding hydrogens is 236 g/mol. The van der Waals surface area contributed by atoms with Crippen LogP contribution in [-0.2, 0) is 4.79 Å². The summed E-state index contributed by atoms with van der Waals surface area (Å²) in [6.07, 6.45) is 3.72. The standard InChI is InChI=1S/C16H30N2O/c1-7-17-15(4,5)13(19)18-12-10-11-8-9-16(12,6)14(11,2)3/h11-12,17H,7-10H2,1-6H3,(H,18,19). The molecule has 0 aromatic rings. The van der Waals surface area contributed by atoms with Crippen molar-refractivity contribution in [3.63, 3.8) is 0 Å². The minimum Gasteiger partial charge on any atom is -0.351 e. The van der Waals surface area contributed by atoms with Crippen LogP contribution >= 0.6 is 0 Å². The monoisotopic (exact) mass is 266 g/mol. The van der Waals surface area contributed by atoms with Crippen LogP contribution in [0.15, 0.2) is 0 Å². The number of nitrogens with one attached hydrogen (secondary N) is 2. The van der Waals surface area contributed by atoms with Crippen LogP contribution in [0.1, 0.15) is 60.8 Å². The SMILES string of the molecule is CCNC(C)(C)C(=O)NC1CC2CCC1(C)C2(C)C. The van der Waals surface area contributed by atoms with Gasteiger partial charge in [0, 0.05) is 6.04 Å². The van der Waals surface area contributed by atoms with Crippen LogP contribution in [0.25, 0.3) is 0 Å². The summed E-state index contributed by atoms with van der Waals surface area (Å²) < 4.78 is 0. The van der Waals surface area contributed by atoms with Crippen LogP contribution < -0.4 is 10.6 Å². The normalized spacial score (nSPS) is 36.5. The molecule has 2 rings (SSSR count). The van der Waals surface area contributed by atoms with Gasteiger partial charge in [-0.15, -0.1) is 0 Å². The first kappa shape index (κ1) is 14.8. The van der Waals surface area contributed by atoms with Crippen LogP contribution in [0.3, 0.4) is 0 Å². The Balaban J connectivity index is 2.08. The number of likely N-dealkylation sites (N-methyl/N-ethyl adjacent to an activating group) is 1. The molecule has 2 bridgehead atoms. The van der Waals surface area contributed by atoms with Gasteiger partial charge in [0.05, 0.1) is 5.54 Å². The molecule has 2 saturated carbocycles. The van der Waals surface area contributed by atoms with Gasteiger partial charge in [0.1, 0.15) is 0 Å². The van der Waals surface area contributed by atoms with Gasteiger partial charge in [-0.05, 0) is 56.4 Å². The molecule has 0 aromatic carbocycles. The lowest BCUT2D eigenvalue weighted by atomic mass is 9.69. The first-order valence-electron chi connectivity index (χ1n) is 7.71. The summed E-state index contributed by atoms with van der Waals surface area (Å²) in [5, 5.41) is 6.59. The highest BCUT2D eigenvalue weighted by atomic mass is 16.2. The molecule has 0 aliphatic heterocycles. The largest absolute Gasteiger partial charge is 0.351 e. The zero-order chi connectivity index (χ0) is 14.5. The van der Waals surface area contributed by atoms with Gasteiger partial charge in [0.15, 0.2) is 0 Å². The van der Waals surface area contributed by atoms with Gasteiger partial charge < -0.3 is 10.6 Å². The maximum Gasteiger partial charge on any atom is 0.239 e. The summed E-state index contributed by atoms with van der Waals surface area (Å²) in [6, 6.07) is 0.340. The van der Waals surface area contributed by atoms with Crippen molar-refractivity contribution in [2.75, 3.05) is 6.54 Å². The van der Waals surface area contributed by atoms with Gasteiger partial charge >= 0.3 is 0 Å². The summed E-state index contributed by atoms with van der Waals surface area (Å²) in [7, 11) is 0. The van der Waals surface area contributed by atoms with E-state index in [4.69, 9.17) is 0 Å². The molecule has 0 spiro atoms. The average molecular weight is 266 g/mol. The van der Waals surface area contributed by atoms with E-state index in [0.29, 0.717) is 11.5 Å². The quantitative estimate of drug-likeness (QED) is 0.821. The summed E-state index contributed by atoms with van der Waals surface area (Å²) in [5.74, 6) is 0.911. The van der Waals surface area contributed by atoms with Crippen molar-refractivity contribution in [3.8, 4) is 0 Å². The highest BCUT2D eigenvalue weighted by Crippen LogP contribution is 2.65. The molecule has 0 heterocycles. The predicted octanol–water partition coefficient (Wildman–Crippen LogP) is 2.71. The van der Waals surface area contributed by atoms with Gasteiger partial charge in [0.25, 0.3) is 0 Å². The molecule has 110 valence electrons. The number of hydrogen-bond donors (Lipinski definition) is 2. The number of hydrogen-bond acceptors (Lipinski definition) is 2. The average Bonchev–Trinajstić information content (AvgIpc) is 2.61. The zero-order valence-corrected chi connectivity index (χ0v) is 13.4. The molecule has 3 heteroatoms. The summed E-state index contributed by atoms with van der Waals surface area (Å²) in [4.78, 5) is 12.5. The molecule has 0 radical (unpaired) electrons. The Kier molecular flexibility index (Phi) is 3.49. The van der Waals surface area contributed by atoms with Crippen LogP contribution in [-0.4, -0.2) is 24.0 Å². The van der Waals surface area contributed by atoms with E-state index in [0.717, 1.165) is 18.9 Å². The van der Waals surface area contributed by atoms with Crippen molar-refractivity contribution in [2.45, 2.75) is 72.4 Å².